The summed E-state index contributed by atoms with van der Waals surface area (Å²) in [4.78, 5) is 11.1. The third-order valence-electron chi connectivity index (χ3n) is 4.78. The Kier molecular flexibility index (Phi) is 5.98. The van der Waals surface area contributed by atoms with Crippen LogP contribution in [0.1, 0.15) is 39.8 Å². The minimum Gasteiger partial charge on any atom is -0.623 e. The monoisotopic (exact) mass is 420 g/mol. The first kappa shape index (κ1) is 20.2. The molecule has 1 N–H and O–H groups in total. The minimum atomic E-state index is -1.25. The van der Waals surface area contributed by atoms with Crippen molar-refractivity contribution in [2.45, 2.75) is 25.7 Å². The van der Waals surface area contributed by atoms with Crippen LogP contribution < -0.4 is 0 Å². The maximum absolute atomic E-state index is 12.7. The molecule has 0 aliphatic carbocycles. The van der Waals surface area contributed by atoms with Gasteiger partial charge in [0.25, 0.3) is 0 Å². The van der Waals surface area contributed by atoms with Gasteiger partial charge in [0, 0.05) is 6.07 Å². The van der Waals surface area contributed by atoms with E-state index in [-0.39, 0.29) is 24.5 Å². The second-order valence-corrected chi connectivity index (χ2v) is 6.97. The highest BCUT2D eigenvalue weighted by atomic mass is 16.5. The highest BCUT2D eigenvalue weighted by Gasteiger charge is 2.33. The summed E-state index contributed by atoms with van der Waals surface area (Å²) in [5, 5.41) is 25.5. The van der Waals surface area contributed by atoms with Gasteiger partial charge in [-0.15, -0.1) is 0 Å². The molecule has 8 nitrogen and oxygen atoms in total. The van der Waals surface area contributed by atoms with Gasteiger partial charge in [0.2, 0.25) is 23.8 Å². The summed E-state index contributed by atoms with van der Waals surface area (Å²) in [6.45, 7) is 0.573. The van der Waals surface area contributed by atoms with Crippen molar-refractivity contribution in [3.05, 3.63) is 106 Å². The normalized spacial score (nSPS) is 16.0. The van der Waals surface area contributed by atoms with Gasteiger partial charge in [0.1, 0.15) is 13.2 Å². The van der Waals surface area contributed by atoms with Crippen LogP contribution in [0.15, 0.2) is 82.8 Å². The number of ether oxygens (including phenoxy) is 2. The summed E-state index contributed by atoms with van der Waals surface area (Å²) in [6.07, 6.45) is 1.45. The zero-order valence-corrected chi connectivity index (χ0v) is 16.5. The van der Waals surface area contributed by atoms with E-state index in [0.717, 1.165) is 11.1 Å². The Balaban J connectivity index is 1.57. The zero-order valence-electron chi connectivity index (χ0n) is 16.5. The Labute approximate surface area is 178 Å². The van der Waals surface area contributed by atoms with Gasteiger partial charge in [-0.25, -0.2) is 4.79 Å². The van der Waals surface area contributed by atoms with E-state index in [1.807, 2.05) is 60.7 Å². The van der Waals surface area contributed by atoms with E-state index in [9.17, 15) is 10.0 Å². The predicted octanol–water partition coefficient (Wildman–Crippen LogP) is 4.04. The molecule has 0 spiro atoms. The fourth-order valence-corrected chi connectivity index (χ4v) is 3.15. The molecule has 2 heterocycles. The number of rotatable bonds is 8. The van der Waals surface area contributed by atoms with Crippen molar-refractivity contribution in [2.24, 2.45) is 0 Å². The summed E-state index contributed by atoms with van der Waals surface area (Å²) in [6, 6.07) is 19.7. The maximum Gasteiger partial charge on any atom is 0.374 e. The van der Waals surface area contributed by atoms with E-state index in [4.69, 9.17) is 19.1 Å². The van der Waals surface area contributed by atoms with Crippen molar-refractivity contribution in [1.29, 1.82) is 0 Å². The zero-order chi connectivity index (χ0) is 21.6. The number of nitrogens with zero attached hydrogens (tertiary/aromatic N) is 2. The largest absolute Gasteiger partial charge is 0.623 e. The first-order chi connectivity index (χ1) is 15.1. The van der Waals surface area contributed by atoms with Crippen LogP contribution in [0.5, 0.6) is 0 Å². The van der Waals surface area contributed by atoms with Gasteiger partial charge < -0.3 is 24.3 Å². The molecule has 3 aromatic rings. The molecule has 8 heteroatoms. The van der Waals surface area contributed by atoms with Gasteiger partial charge >= 0.3 is 5.97 Å². The number of carbonyl (C=O) groups is 1. The molecule has 0 fully saturated rings. The molecule has 0 bridgehead atoms. The average Bonchev–Trinajstić information content (AvgIpc) is 3.29. The number of hydroxylamine groups is 1. The van der Waals surface area contributed by atoms with Crippen LogP contribution in [0, 0.1) is 5.21 Å². The second kappa shape index (κ2) is 9.17. The Morgan fingerprint density at radius 2 is 1.68 bits per heavy atom. The molecule has 0 radical (unpaired) electrons. The molecule has 0 saturated carbocycles. The first-order valence-corrected chi connectivity index (χ1v) is 9.67. The van der Waals surface area contributed by atoms with Crippen molar-refractivity contribution in [1.82, 2.24) is 5.16 Å². The summed E-state index contributed by atoms with van der Waals surface area (Å²) in [5.74, 6) is -0.769. The number of carboxylic acid groups (broad SMARTS) is 1. The highest BCUT2D eigenvalue weighted by Crippen LogP contribution is 2.31. The van der Waals surface area contributed by atoms with Gasteiger partial charge in [-0.3, -0.25) is 0 Å². The highest BCUT2D eigenvalue weighted by molar-refractivity contribution is 5.84. The lowest BCUT2D eigenvalue weighted by Gasteiger charge is -2.23. The van der Waals surface area contributed by atoms with Crippen molar-refractivity contribution in [3.8, 4) is 0 Å². The number of aromatic carboxylic acids is 1. The Morgan fingerprint density at radius 1 is 1.06 bits per heavy atom. The van der Waals surface area contributed by atoms with E-state index in [2.05, 4.69) is 5.16 Å². The number of allylic oxidation sites excluding steroid dienone is 1. The number of hydrogen-bond acceptors (Lipinski definition) is 6. The SMILES string of the molecule is O=C(O)c1cc(C2CC(OCc3ccccc3)=C(OCc3ccccc3)C=[N+]2[O-])no1. The summed E-state index contributed by atoms with van der Waals surface area (Å²) >= 11 is 0. The summed E-state index contributed by atoms with van der Waals surface area (Å²) in [7, 11) is 0. The van der Waals surface area contributed by atoms with E-state index in [1.54, 1.807) is 0 Å². The fourth-order valence-electron chi connectivity index (χ4n) is 3.15. The molecule has 1 atom stereocenters. The van der Waals surface area contributed by atoms with E-state index < -0.39 is 12.0 Å². The van der Waals surface area contributed by atoms with Gasteiger partial charge in [-0.05, 0) is 11.1 Å². The molecule has 1 unspecified atom stereocenters. The third-order valence-corrected chi connectivity index (χ3v) is 4.78. The van der Waals surface area contributed by atoms with Crippen LogP contribution >= 0.6 is 0 Å². The molecule has 0 amide bonds. The van der Waals surface area contributed by atoms with Crippen LogP contribution in [-0.2, 0) is 22.7 Å². The van der Waals surface area contributed by atoms with Crippen LogP contribution in [0.3, 0.4) is 0 Å². The molecule has 31 heavy (non-hydrogen) atoms. The number of hydrogen-bond donors (Lipinski definition) is 1. The Morgan fingerprint density at radius 3 is 2.26 bits per heavy atom. The van der Waals surface area contributed by atoms with Crippen molar-refractivity contribution >= 4 is 12.2 Å². The molecule has 0 saturated heterocycles. The van der Waals surface area contributed by atoms with Gasteiger partial charge in [0.15, 0.2) is 11.5 Å². The summed E-state index contributed by atoms with van der Waals surface area (Å²) in [5.41, 5.74) is 2.13. The van der Waals surface area contributed by atoms with Crippen molar-refractivity contribution < 1.29 is 28.6 Å². The van der Waals surface area contributed by atoms with Gasteiger partial charge in [0.05, 0.1) is 6.42 Å². The minimum absolute atomic E-state index is 0.155. The lowest BCUT2D eigenvalue weighted by molar-refractivity contribution is -0.507. The van der Waals surface area contributed by atoms with E-state index in [0.29, 0.717) is 22.9 Å². The van der Waals surface area contributed by atoms with Crippen LogP contribution in [0.2, 0.25) is 0 Å². The topological polar surface area (TPSA) is 108 Å². The number of carboxylic acids is 1. The van der Waals surface area contributed by atoms with Crippen molar-refractivity contribution in [2.75, 3.05) is 0 Å². The molecule has 1 aliphatic heterocycles. The number of benzene rings is 2. The van der Waals surface area contributed by atoms with Crippen LogP contribution in [-0.4, -0.2) is 27.2 Å². The van der Waals surface area contributed by atoms with E-state index in [1.165, 1.54) is 12.3 Å². The predicted molar refractivity (Wildman–Crippen MR) is 110 cm³/mol. The van der Waals surface area contributed by atoms with Crippen LogP contribution in [0.4, 0.5) is 0 Å². The second-order valence-electron chi connectivity index (χ2n) is 6.97. The van der Waals surface area contributed by atoms with Gasteiger partial charge in [-0.1, -0.05) is 65.8 Å². The van der Waals surface area contributed by atoms with Crippen LogP contribution in [0.25, 0.3) is 0 Å². The van der Waals surface area contributed by atoms with Crippen molar-refractivity contribution in [3.63, 3.8) is 0 Å². The molecule has 4 rings (SSSR count). The quantitative estimate of drug-likeness (QED) is 0.433. The molecule has 1 aromatic heterocycles. The van der Waals surface area contributed by atoms with E-state index >= 15 is 0 Å². The number of aromatic nitrogens is 1. The smallest absolute Gasteiger partial charge is 0.374 e. The lowest BCUT2D eigenvalue weighted by atomic mass is 10.1. The average molecular weight is 420 g/mol. The summed E-state index contributed by atoms with van der Waals surface area (Å²) < 4.78 is 17.4. The Hall–Kier alpha value is -4.07. The Bertz CT molecular complexity index is 1110. The maximum atomic E-state index is 12.7. The molecular weight excluding hydrogens is 400 g/mol. The molecule has 2 aromatic carbocycles. The fraction of sp³-hybridized carbons (Fsp3) is 0.174. The molecule has 158 valence electrons. The lowest BCUT2D eigenvalue weighted by Crippen LogP contribution is -2.24. The first-order valence-electron chi connectivity index (χ1n) is 9.67. The third kappa shape index (κ3) is 4.92. The molecular formula is C23H20N2O6. The molecule has 1 aliphatic rings. The standard InChI is InChI=1S/C23H20N2O6/c26-23(27)21-11-18(24-31-21)19-12-20(29-14-16-7-3-1-4-8-16)22(13-25(19)28)30-15-17-9-5-2-6-10-17/h1-11,13,19H,12,14-15H2,(H,26,27). The van der Waals surface area contributed by atoms with Gasteiger partial charge in [-0.2, -0.15) is 4.74 Å².